The third-order valence-corrected chi connectivity index (χ3v) is 5.52. The van der Waals surface area contributed by atoms with E-state index in [9.17, 15) is 4.79 Å². The summed E-state index contributed by atoms with van der Waals surface area (Å²) in [6.45, 7) is 6.12. The van der Waals surface area contributed by atoms with Gasteiger partial charge in [0.2, 0.25) is 11.1 Å². The molecule has 3 rings (SSSR count). The van der Waals surface area contributed by atoms with Crippen LogP contribution in [0.3, 0.4) is 0 Å². The molecule has 0 bridgehead atoms. The smallest absolute Gasteiger partial charge is 0.230 e. The second-order valence-electron chi connectivity index (χ2n) is 6.72. The summed E-state index contributed by atoms with van der Waals surface area (Å²) in [4.78, 5) is 12.3. The maximum absolute atomic E-state index is 12.3. The van der Waals surface area contributed by atoms with Gasteiger partial charge in [-0.25, -0.2) is 4.68 Å². The number of thioether (sulfide) groups is 1. The van der Waals surface area contributed by atoms with Crippen molar-refractivity contribution in [1.82, 2.24) is 20.2 Å². The van der Waals surface area contributed by atoms with Crippen LogP contribution in [0.1, 0.15) is 36.6 Å². The quantitative estimate of drug-likeness (QED) is 0.472. The van der Waals surface area contributed by atoms with Gasteiger partial charge in [-0.1, -0.05) is 72.8 Å². The topological polar surface area (TPSA) is 85.8 Å². The van der Waals surface area contributed by atoms with Crippen LogP contribution in [-0.4, -0.2) is 26.5 Å². The van der Waals surface area contributed by atoms with Crippen molar-refractivity contribution >= 4 is 17.7 Å². The number of rotatable bonds is 7. The number of amides is 1. The highest BCUT2D eigenvalue weighted by atomic mass is 32.2. The number of carbonyl (C=O) groups excluding carboxylic acids is 1. The van der Waals surface area contributed by atoms with E-state index in [0.717, 1.165) is 23.1 Å². The van der Waals surface area contributed by atoms with E-state index in [4.69, 9.17) is 5.84 Å². The number of hydrogen-bond donors (Lipinski definition) is 2. The Morgan fingerprint density at radius 3 is 2.46 bits per heavy atom. The van der Waals surface area contributed by atoms with Crippen molar-refractivity contribution < 1.29 is 4.79 Å². The Morgan fingerprint density at radius 2 is 1.82 bits per heavy atom. The number of aromatic nitrogens is 3. The fourth-order valence-corrected chi connectivity index (χ4v) is 3.48. The van der Waals surface area contributed by atoms with Crippen molar-refractivity contribution in [2.75, 3.05) is 11.6 Å². The zero-order valence-corrected chi connectivity index (χ0v) is 17.2. The van der Waals surface area contributed by atoms with Crippen LogP contribution in [0.2, 0.25) is 0 Å². The second kappa shape index (κ2) is 8.93. The lowest BCUT2D eigenvalue weighted by molar-refractivity contribution is -0.119. The summed E-state index contributed by atoms with van der Waals surface area (Å²) in [6, 6.07) is 16.1. The normalized spacial score (nSPS) is 12.0. The Kier molecular flexibility index (Phi) is 6.36. The number of nitrogens with one attached hydrogen (secondary N) is 1. The van der Waals surface area contributed by atoms with E-state index in [1.807, 2.05) is 38.1 Å². The van der Waals surface area contributed by atoms with Gasteiger partial charge in [-0.05, 0) is 31.4 Å². The summed E-state index contributed by atoms with van der Waals surface area (Å²) in [6.07, 6.45) is 1.00. The molecule has 3 aromatic rings. The Bertz CT molecular complexity index is 934. The second-order valence-corrected chi connectivity index (χ2v) is 7.66. The van der Waals surface area contributed by atoms with E-state index in [1.54, 1.807) is 0 Å². The van der Waals surface area contributed by atoms with Crippen molar-refractivity contribution in [3.63, 3.8) is 0 Å². The van der Waals surface area contributed by atoms with Crippen LogP contribution < -0.4 is 11.2 Å². The monoisotopic (exact) mass is 395 g/mol. The van der Waals surface area contributed by atoms with Crippen molar-refractivity contribution in [2.24, 2.45) is 0 Å². The van der Waals surface area contributed by atoms with Crippen molar-refractivity contribution in [3.8, 4) is 11.4 Å². The fourth-order valence-electron chi connectivity index (χ4n) is 2.81. The standard InChI is InChI=1S/C21H25N5OS/c1-4-16-7-11-17(12-8-16)15(3)23-19(27)13-28-21-25-24-20(26(21)22)18-9-5-14(2)6-10-18/h5-12,15H,4,13,22H2,1-3H3,(H,23,27)/t15-/m1/s1. The first-order valence-corrected chi connectivity index (χ1v) is 10.2. The molecule has 1 aromatic heterocycles. The van der Waals surface area contributed by atoms with Crippen LogP contribution in [0, 0.1) is 6.92 Å². The minimum absolute atomic E-state index is 0.0575. The lowest BCUT2D eigenvalue weighted by atomic mass is 10.1. The van der Waals surface area contributed by atoms with E-state index in [1.165, 1.54) is 22.0 Å². The third kappa shape index (κ3) is 4.72. The number of aryl methyl sites for hydroxylation is 2. The molecule has 1 heterocycles. The molecule has 28 heavy (non-hydrogen) atoms. The highest BCUT2D eigenvalue weighted by Crippen LogP contribution is 2.22. The Labute approximate surface area is 169 Å². The zero-order chi connectivity index (χ0) is 20.1. The van der Waals surface area contributed by atoms with E-state index in [0.29, 0.717) is 11.0 Å². The minimum atomic E-state index is -0.0723. The summed E-state index contributed by atoms with van der Waals surface area (Å²) >= 11 is 1.27. The van der Waals surface area contributed by atoms with Gasteiger partial charge in [0.25, 0.3) is 0 Å². The van der Waals surface area contributed by atoms with Gasteiger partial charge < -0.3 is 11.2 Å². The number of hydrogen-bond acceptors (Lipinski definition) is 5. The van der Waals surface area contributed by atoms with Crippen LogP contribution in [-0.2, 0) is 11.2 Å². The maximum atomic E-state index is 12.3. The molecule has 3 N–H and O–H groups in total. The van der Waals surface area contributed by atoms with Gasteiger partial charge in [-0.2, -0.15) is 0 Å². The molecule has 0 spiro atoms. The fraction of sp³-hybridized carbons (Fsp3) is 0.286. The molecule has 0 aliphatic rings. The molecule has 1 atom stereocenters. The Morgan fingerprint density at radius 1 is 1.14 bits per heavy atom. The van der Waals surface area contributed by atoms with Gasteiger partial charge >= 0.3 is 0 Å². The largest absolute Gasteiger partial charge is 0.349 e. The van der Waals surface area contributed by atoms with Crippen LogP contribution in [0.5, 0.6) is 0 Å². The highest BCUT2D eigenvalue weighted by Gasteiger charge is 2.15. The maximum Gasteiger partial charge on any atom is 0.230 e. The first kappa shape index (κ1) is 19.9. The molecule has 0 unspecified atom stereocenters. The molecule has 1 amide bonds. The molecule has 0 saturated heterocycles. The summed E-state index contributed by atoms with van der Waals surface area (Å²) in [5.41, 5.74) is 4.42. The predicted octanol–water partition coefficient (Wildman–Crippen LogP) is 3.50. The number of nitrogen functional groups attached to an aromatic ring is 1. The molecular weight excluding hydrogens is 370 g/mol. The summed E-state index contributed by atoms with van der Waals surface area (Å²) in [5, 5.41) is 11.8. The van der Waals surface area contributed by atoms with Crippen molar-refractivity contribution in [3.05, 3.63) is 65.2 Å². The average Bonchev–Trinajstić information content (AvgIpc) is 3.07. The number of carbonyl (C=O) groups is 1. The first-order chi connectivity index (χ1) is 13.5. The lowest BCUT2D eigenvalue weighted by Crippen LogP contribution is -2.28. The van der Waals surface area contributed by atoms with Gasteiger partial charge in [0.05, 0.1) is 11.8 Å². The van der Waals surface area contributed by atoms with Crippen LogP contribution in [0.25, 0.3) is 11.4 Å². The molecule has 7 heteroatoms. The molecule has 0 fully saturated rings. The van der Waals surface area contributed by atoms with Crippen LogP contribution in [0.4, 0.5) is 0 Å². The van der Waals surface area contributed by atoms with Crippen molar-refractivity contribution in [2.45, 2.75) is 38.4 Å². The SMILES string of the molecule is CCc1ccc([C@@H](C)NC(=O)CSc2nnc(-c3ccc(C)cc3)n2N)cc1. The average molecular weight is 396 g/mol. The number of nitrogens with zero attached hydrogens (tertiary/aromatic N) is 3. The summed E-state index contributed by atoms with van der Waals surface area (Å²) in [5.74, 6) is 6.85. The van der Waals surface area contributed by atoms with Crippen molar-refractivity contribution in [1.29, 1.82) is 0 Å². The summed E-state index contributed by atoms with van der Waals surface area (Å²) < 4.78 is 1.43. The van der Waals surface area contributed by atoms with Gasteiger partial charge in [0, 0.05) is 5.56 Å². The minimum Gasteiger partial charge on any atom is -0.349 e. The lowest BCUT2D eigenvalue weighted by Gasteiger charge is -2.14. The molecule has 146 valence electrons. The number of nitrogens with two attached hydrogens (primary N) is 1. The molecule has 0 aliphatic heterocycles. The van der Waals surface area contributed by atoms with Gasteiger partial charge in [-0.15, -0.1) is 10.2 Å². The molecular formula is C21H25N5OS. The van der Waals surface area contributed by atoms with Crippen LogP contribution >= 0.6 is 11.8 Å². The molecule has 0 aliphatic carbocycles. The van der Waals surface area contributed by atoms with Gasteiger partial charge in [0.1, 0.15) is 0 Å². The Hall–Kier alpha value is -2.80. The molecule has 6 nitrogen and oxygen atoms in total. The van der Waals surface area contributed by atoms with E-state index in [-0.39, 0.29) is 17.7 Å². The van der Waals surface area contributed by atoms with Gasteiger partial charge in [0.15, 0.2) is 5.82 Å². The molecule has 0 saturated carbocycles. The summed E-state index contributed by atoms with van der Waals surface area (Å²) in [7, 11) is 0. The van der Waals surface area contributed by atoms with E-state index in [2.05, 4.69) is 46.7 Å². The molecule has 0 radical (unpaired) electrons. The van der Waals surface area contributed by atoms with E-state index < -0.39 is 0 Å². The van der Waals surface area contributed by atoms with Gasteiger partial charge in [-0.3, -0.25) is 4.79 Å². The zero-order valence-electron chi connectivity index (χ0n) is 16.3. The van der Waals surface area contributed by atoms with E-state index >= 15 is 0 Å². The number of benzene rings is 2. The third-order valence-electron chi connectivity index (χ3n) is 4.57. The first-order valence-electron chi connectivity index (χ1n) is 9.26. The predicted molar refractivity (Wildman–Crippen MR) is 113 cm³/mol. The highest BCUT2D eigenvalue weighted by molar-refractivity contribution is 7.99. The molecule has 2 aromatic carbocycles. The van der Waals surface area contributed by atoms with Crippen LogP contribution in [0.15, 0.2) is 53.7 Å². The Balaban J connectivity index is 1.57.